The molecule has 1 N–H and O–H groups in total. The Bertz CT molecular complexity index is 1480. The van der Waals surface area contributed by atoms with Crippen molar-refractivity contribution in [2.45, 2.75) is 20.0 Å². The number of nitrogens with zero attached hydrogens (tertiary/aromatic N) is 4. The highest BCUT2D eigenvalue weighted by Gasteiger charge is 2.35. The van der Waals surface area contributed by atoms with Crippen molar-refractivity contribution in [2.24, 2.45) is 0 Å². The van der Waals surface area contributed by atoms with Crippen LogP contribution in [0.4, 0.5) is 18.9 Å². The molecule has 11 heteroatoms. The normalized spacial score (nSPS) is 11.7. The molecule has 3 aromatic heterocycles. The van der Waals surface area contributed by atoms with E-state index in [1.807, 2.05) is 0 Å². The van der Waals surface area contributed by atoms with Gasteiger partial charge in [0.05, 0.1) is 24.2 Å². The summed E-state index contributed by atoms with van der Waals surface area (Å²) in [6, 6.07) is 11.0. The molecule has 0 aliphatic rings. The van der Waals surface area contributed by atoms with Crippen LogP contribution in [0.2, 0.25) is 0 Å². The summed E-state index contributed by atoms with van der Waals surface area (Å²) in [7, 11) is 0. The van der Waals surface area contributed by atoms with Crippen LogP contribution in [0.15, 0.2) is 67.0 Å². The number of aryl methyl sites for hydroxylation is 1. The van der Waals surface area contributed by atoms with Gasteiger partial charge in [0.2, 0.25) is 5.91 Å². The highest BCUT2D eigenvalue weighted by Crippen LogP contribution is 2.34. The van der Waals surface area contributed by atoms with Crippen LogP contribution in [-0.4, -0.2) is 38.1 Å². The zero-order valence-corrected chi connectivity index (χ0v) is 19.2. The van der Waals surface area contributed by atoms with Crippen molar-refractivity contribution in [3.63, 3.8) is 0 Å². The molecule has 4 aromatic rings. The van der Waals surface area contributed by atoms with Crippen molar-refractivity contribution >= 4 is 23.2 Å². The molecule has 0 spiro atoms. The largest absolute Gasteiger partial charge is 0.463 e. The van der Waals surface area contributed by atoms with Gasteiger partial charge in [0.25, 0.3) is 0 Å². The number of pyridine rings is 1. The number of hydrogen-bond donors (Lipinski definition) is 1. The number of carbonyl (C=O) groups excluding carboxylic acids is 2. The fourth-order valence-electron chi connectivity index (χ4n) is 3.43. The molecule has 36 heavy (non-hydrogen) atoms. The van der Waals surface area contributed by atoms with E-state index in [0.717, 1.165) is 23.9 Å². The Morgan fingerprint density at radius 1 is 1.11 bits per heavy atom. The lowest BCUT2D eigenvalue weighted by Crippen LogP contribution is -2.10. The molecule has 0 aliphatic heterocycles. The second-order valence-corrected chi connectivity index (χ2v) is 7.65. The van der Waals surface area contributed by atoms with E-state index < -0.39 is 23.7 Å². The van der Waals surface area contributed by atoms with Crippen LogP contribution in [-0.2, 0) is 20.5 Å². The van der Waals surface area contributed by atoms with Gasteiger partial charge in [-0.25, -0.2) is 14.3 Å². The molecule has 0 fully saturated rings. The summed E-state index contributed by atoms with van der Waals surface area (Å²) in [5.41, 5.74) is 1.78. The van der Waals surface area contributed by atoms with Crippen LogP contribution in [0.25, 0.3) is 28.2 Å². The van der Waals surface area contributed by atoms with Gasteiger partial charge in [0.1, 0.15) is 0 Å². The zero-order valence-electron chi connectivity index (χ0n) is 19.2. The summed E-state index contributed by atoms with van der Waals surface area (Å²) in [5, 5.41) is 7.01. The van der Waals surface area contributed by atoms with E-state index >= 15 is 0 Å². The van der Waals surface area contributed by atoms with Gasteiger partial charge in [-0.2, -0.15) is 18.3 Å². The molecule has 0 radical (unpaired) electrons. The van der Waals surface area contributed by atoms with Gasteiger partial charge in [0, 0.05) is 35.2 Å². The first-order valence-corrected chi connectivity index (χ1v) is 10.8. The van der Waals surface area contributed by atoms with Crippen molar-refractivity contribution in [1.82, 2.24) is 19.6 Å². The van der Waals surface area contributed by atoms with Crippen LogP contribution in [0.1, 0.15) is 18.2 Å². The van der Waals surface area contributed by atoms with E-state index in [2.05, 4.69) is 20.4 Å². The third-order valence-electron chi connectivity index (χ3n) is 5.12. The maximum absolute atomic E-state index is 13.4. The quantitative estimate of drug-likeness (QED) is 0.304. The average Bonchev–Trinajstić information content (AvgIpc) is 3.27. The molecule has 184 valence electrons. The molecule has 0 saturated heterocycles. The predicted octanol–water partition coefficient (Wildman–Crippen LogP) is 4.84. The second kappa shape index (κ2) is 9.98. The first-order valence-electron chi connectivity index (χ1n) is 10.8. The fraction of sp³-hybridized carbons (Fsp3) is 0.160. The number of amides is 1. The summed E-state index contributed by atoms with van der Waals surface area (Å²) >= 11 is 0. The van der Waals surface area contributed by atoms with Crippen LogP contribution in [0.3, 0.4) is 0 Å². The van der Waals surface area contributed by atoms with Crippen LogP contribution in [0, 0.1) is 6.92 Å². The van der Waals surface area contributed by atoms with Crippen molar-refractivity contribution in [1.29, 1.82) is 0 Å². The fourth-order valence-corrected chi connectivity index (χ4v) is 3.43. The maximum atomic E-state index is 13.4. The Labute approximate surface area is 203 Å². The maximum Gasteiger partial charge on any atom is 0.434 e. The van der Waals surface area contributed by atoms with Crippen LogP contribution in [0.5, 0.6) is 0 Å². The van der Waals surface area contributed by atoms with Crippen molar-refractivity contribution in [3.8, 4) is 22.5 Å². The molecular weight excluding hydrogens is 475 g/mol. The lowest BCUT2D eigenvalue weighted by molar-refractivity contribution is -0.140. The molecule has 0 unspecified atom stereocenters. The van der Waals surface area contributed by atoms with E-state index in [9.17, 15) is 22.8 Å². The molecule has 3 heterocycles. The Hall–Kier alpha value is -4.54. The summed E-state index contributed by atoms with van der Waals surface area (Å²) in [5.74, 6) is -1.13. The Morgan fingerprint density at radius 3 is 2.67 bits per heavy atom. The lowest BCUT2D eigenvalue weighted by atomic mass is 10.1. The zero-order chi connectivity index (χ0) is 25.9. The number of imidazole rings is 1. The van der Waals surface area contributed by atoms with Gasteiger partial charge < -0.3 is 10.1 Å². The Kier molecular flexibility index (Phi) is 6.82. The predicted molar refractivity (Wildman–Crippen MR) is 126 cm³/mol. The van der Waals surface area contributed by atoms with E-state index in [1.54, 1.807) is 44.3 Å². The van der Waals surface area contributed by atoms with Crippen molar-refractivity contribution in [2.75, 3.05) is 11.9 Å². The van der Waals surface area contributed by atoms with E-state index in [4.69, 9.17) is 4.74 Å². The minimum atomic E-state index is -4.62. The van der Waals surface area contributed by atoms with Gasteiger partial charge in [-0.15, -0.1) is 0 Å². The molecule has 0 atom stereocenters. The topological polar surface area (TPSA) is 98.5 Å². The third kappa shape index (κ3) is 5.40. The standard InChI is InChI=1S/C25H20F3N5O3/c1-3-36-23(35)11-10-22(34)31-19-13-16(7-6-15(19)2)20-14-33-21(30-20)9-8-18(32-33)17-5-4-12-29-24(17)25(26,27)28/h4-14H,3H2,1-2H3,(H,31,34). The molecule has 0 aliphatic carbocycles. The third-order valence-corrected chi connectivity index (χ3v) is 5.12. The number of rotatable bonds is 6. The number of hydrogen-bond acceptors (Lipinski definition) is 6. The minimum absolute atomic E-state index is 0.0946. The highest BCUT2D eigenvalue weighted by atomic mass is 19.4. The molecule has 8 nitrogen and oxygen atoms in total. The Morgan fingerprint density at radius 2 is 1.92 bits per heavy atom. The highest BCUT2D eigenvalue weighted by molar-refractivity contribution is 6.03. The van der Waals surface area contributed by atoms with Gasteiger partial charge in [0.15, 0.2) is 11.3 Å². The van der Waals surface area contributed by atoms with E-state index in [0.29, 0.717) is 22.6 Å². The molecule has 1 aromatic carbocycles. The van der Waals surface area contributed by atoms with E-state index in [1.165, 1.54) is 22.7 Å². The lowest BCUT2D eigenvalue weighted by Gasteiger charge is -2.10. The van der Waals surface area contributed by atoms with Crippen LogP contribution < -0.4 is 5.32 Å². The first-order chi connectivity index (χ1) is 17.2. The number of nitrogens with one attached hydrogen (secondary N) is 1. The SMILES string of the molecule is CCOC(=O)C=CC(=O)Nc1cc(-c2cn3nc(-c4cccnc4C(F)(F)F)ccc3n2)ccc1C. The molecule has 4 rings (SSSR count). The second-order valence-electron chi connectivity index (χ2n) is 7.65. The summed E-state index contributed by atoms with van der Waals surface area (Å²) in [6.07, 6.45) is 0.158. The summed E-state index contributed by atoms with van der Waals surface area (Å²) in [6.45, 7) is 3.67. The number of carbonyl (C=O) groups is 2. The number of esters is 1. The molecular formula is C25H20F3N5O3. The van der Waals surface area contributed by atoms with Gasteiger partial charge in [-0.05, 0) is 49.7 Å². The van der Waals surface area contributed by atoms with Crippen molar-refractivity contribution < 1.29 is 27.5 Å². The van der Waals surface area contributed by atoms with Crippen LogP contribution >= 0.6 is 0 Å². The van der Waals surface area contributed by atoms with Gasteiger partial charge >= 0.3 is 12.1 Å². The molecule has 0 bridgehead atoms. The number of aromatic nitrogens is 4. The monoisotopic (exact) mass is 495 g/mol. The van der Waals surface area contributed by atoms with E-state index in [-0.39, 0.29) is 17.9 Å². The number of ether oxygens (including phenoxy) is 1. The number of halogens is 3. The first kappa shape index (κ1) is 24.6. The summed E-state index contributed by atoms with van der Waals surface area (Å²) < 4.78 is 46.3. The number of alkyl halides is 3. The average molecular weight is 495 g/mol. The van der Waals surface area contributed by atoms with Gasteiger partial charge in [-0.1, -0.05) is 12.1 Å². The number of benzene rings is 1. The van der Waals surface area contributed by atoms with Crippen molar-refractivity contribution in [3.05, 3.63) is 78.3 Å². The molecule has 0 saturated carbocycles. The van der Waals surface area contributed by atoms with Gasteiger partial charge in [-0.3, -0.25) is 9.78 Å². The number of anilines is 1. The summed E-state index contributed by atoms with van der Waals surface area (Å²) in [4.78, 5) is 31.6. The number of fused-ring (bicyclic) bond motifs is 1. The minimum Gasteiger partial charge on any atom is -0.463 e. The molecule has 1 amide bonds. The smallest absolute Gasteiger partial charge is 0.434 e. The Balaban J connectivity index is 1.63.